The minimum absolute atomic E-state index is 0.0642. The molecule has 0 nitrogen and oxygen atoms in total. The smallest absolute Gasteiger partial charge is 0.0361 e. The fourth-order valence-corrected chi connectivity index (χ4v) is 13.3. The van der Waals surface area contributed by atoms with Gasteiger partial charge in [0.15, 0.2) is 0 Å². The van der Waals surface area contributed by atoms with Crippen molar-refractivity contribution in [3.8, 4) is 55.6 Å². The molecule has 5 aliphatic carbocycles. The van der Waals surface area contributed by atoms with E-state index in [1.54, 1.807) is 11.1 Å². The molecule has 1 aromatic heterocycles. The van der Waals surface area contributed by atoms with Crippen LogP contribution in [0.25, 0.3) is 75.8 Å². The van der Waals surface area contributed by atoms with Gasteiger partial charge in [-0.1, -0.05) is 133 Å². The van der Waals surface area contributed by atoms with E-state index < -0.39 is 0 Å². The van der Waals surface area contributed by atoms with Crippen molar-refractivity contribution in [2.24, 2.45) is 23.7 Å². The molecule has 4 saturated carbocycles. The summed E-state index contributed by atoms with van der Waals surface area (Å²) in [6, 6.07) is 60.2. The molecule has 5 aliphatic rings. The minimum atomic E-state index is 0.0642. The van der Waals surface area contributed by atoms with Crippen molar-refractivity contribution in [1.82, 2.24) is 0 Å². The summed E-state index contributed by atoms with van der Waals surface area (Å²) in [6.45, 7) is 0. The summed E-state index contributed by atoms with van der Waals surface area (Å²) in [4.78, 5) is 0. The Kier molecular flexibility index (Phi) is 6.49. The average molecular weight is 697 g/mol. The van der Waals surface area contributed by atoms with Crippen molar-refractivity contribution in [3.05, 3.63) is 169 Å². The lowest BCUT2D eigenvalue weighted by atomic mass is 9.42. The third-order valence-corrected chi connectivity index (χ3v) is 15.0. The van der Waals surface area contributed by atoms with Crippen molar-refractivity contribution >= 4 is 31.5 Å². The first-order valence-corrected chi connectivity index (χ1v) is 20.5. The van der Waals surface area contributed by atoms with Crippen LogP contribution in [0.2, 0.25) is 0 Å². The maximum absolute atomic E-state index is 2.61. The standard InChI is InChI=1S/C52H40S/c1-2-12-34(13-3-1)39-14-4-5-15-40(39)41-16-6-7-17-42(41)46-29-36(35-22-23-45-44-19-9-11-21-49(44)53-50(45)31-35)30-47-43-18-8-10-20-48(43)52(51(46)47)37-25-32-24-33(27-37)28-38(52)26-32/h1-23,29-33,37-38H,24-28H2. The quantitative estimate of drug-likeness (QED) is 0.172. The second kappa shape index (κ2) is 11.4. The molecule has 8 aromatic rings. The summed E-state index contributed by atoms with van der Waals surface area (Å²) in [7, 11) is 0. The highest BCUT2D eigenvalue weighted by atomic mass is 32.1. The van der Waals surface area contributed by atoms with Crippen molar-refractivity contribution in [1.29, 1.82) is 0 Å². The van der Waals surface area contributed by atoms with Gasteiger partial charge < -0.3 is 0 Å². The molecule has 4 fully saturated rings. The number of rotatable bonds is 4. The van der Waals surface area contributed by atoms with Gasteiger partial charge in [0, 0.05) is 25.6 Å². The van der Waals surface area contributed by atoms with Gasteiger partial charge in [0.05, 0.1) is 0 Å². The molecule has 1 heterocycles. The van der Waals surface area contributed by atoms with Crippen LogP contribution in [0.1, 0.15) is 43.2 Å². The summed E-state index contributed by atoms with van der Waals surface area (Å²) in [5, 5.41) is 2.72. The number of hydrogen-bond acceptors (Lipinski definition) is 1. The minimum Gasteiger partial charge on any atom is -0.135 e. The lowest BCUT2D eigenvalue weighted by molar-refractivity contribution is -0.0397. The first kappa shape index (κ1) is 30.2. The zero-order valence-corrected chi connectivity index (χ0v) is 30.6. The Morgan fingerprint density at radius 2 is 0.925 bits per heavy atom. The van der Waals surface area contributed by atoms with Gasteiger partial charge >= 0.3 is 0 Å². The maximum atomic E-state index is 2.61. The fourth-order valence-electron chi connectivity index (χ4n) is 12.1. The zero-order valence-electron chi connectivity index (χ0n) is 29.8. The molecule has 53 heavy (non-hydrogen) atoms. The van der Waals surface area contributed by atoms with Crippen LogP contribution in [-0.4, -0.2) is 0 Å². The van der Waals surface area contributed by atoms with Crippen molar-refractivity contribution in [3.63, 3.8) is 0 Å². The highest BCUT2D eigenvalue weighted by molar-refractivity contribution is 7.25. The Bertz CT molecular complexity index is 2720. The van der Waals surface area contributed by atoms with Crippen LogP contribution in [0, 0.1) is 23.7 Å². The monoisotopic (exact) mass is 696 g/mol. The molecule has 0 atom stereocenters. The van der Waals surface area contributed by atoms with Crippen molar-refractivity contribution < 1.29 is 0 Å². The normalized spacial score (nSPS) is 23.5. The van der Waals surface area contributed by atoms with Crippen LogP contribution in [-0.2, 0) is 5.41 Å². The number of hydrogen-bond donors (Lipinski definition) is 0. The molecule has 13 rings (SSSR count). The van der Waals surface area contributed by atoms with E-state index >= 15 is 0 Å². The molecule has 0 unspecified atom stereocenters. The van der Waals surface area contributed by atoms with Gasteiger partial charge in [-0.15, -0.1) is 11.3 Å². The molecule has 0 saturated heterocycles. The van der Waals surface area contributed by atoms with Crippen LogP contribution in [0.15, 0.2) is 158 Å². The Morgan fingerprint density at radius 3 is 1.66 bits per heavy atom. The maximum Gasteiger partial charge on any atom is 0.0361 e. The van der Waals surface area contributed by atoms with Crippen LogP contribution in [0.3, 0.4) is 0 Å². The SMILES string of the molecule is c1ccc(-c2ccccc2-c2ccccc2-c2cc(-c3ccc4c(c3)sc3ccccc34)cc3c2C2(c4ccccc4-3)C3CC4CC(C3)CC2C4)cc1. The van der Waals surface area contributed by atoms with Gasteiger partial charge in [-0.2, -0.15) is 0 Å². The topological polar surface area (TPSA) is 0 Å². The van der Waals surface area contributed by atoms with Gasteiger partial charge in [-0.05, 0) is 147 Å². The number of thiophene rings is 1. The molecule has 1 heteroatoms. The van der Waals surface area contributed by atoms with Gasteiger partial charge in [-0.25, -0.2) is 0 Å². The molecule has 4 bridgehead atoms. The van der Waals surface area contributed by atoms with E-state index in [0.717, 1.165) is 11.8 Å². The van der Waals surface area contributed by atoms with Gasteiger partial charge in [0.2, 0.25) is 0 Å². The lowest BCUT2D eigenvalue weighted by Crippen LogP contribution is -2.55. The highest BCUT2D eigenvalue weighted by Crippen LogP contribution is 2.71. The summed E-state index contributed by atoms with van der Waals surface area (Å²) >= 11 is 1.92. The van der Waals surface area contributed by atoms with Crippen LogP contribution < -0.4 is 0 Å². The van der Waals surface area contributed by atoms with E-state index in [2.05, 4.69) is 158 Å². The molecule has 7 aromatic carbocycles. The lowest BCUT2D eigenvalue weighted by Gasteiger charge is -2.61. The van der Waals surface area contributed by atoms with Gasteiger partial charge in [0.1, 0.15) is 0 Å². The Morgan fingerprint density at radius 1 is 0.377 bits per heavy atom. The number of benzene rings is 7. The molecule has 254 valence electrons. The Labute approximate surface area is 315 Å². The highest BCUT2D eigenvalue weighted by Gasteiger charge is 2.62. The number of fused-ring (bicyclic) bond motifs is 6. The van der Waals surface area contributed by atoms with E-state index in [1.807, 2.05) is 11.3 Å². The second-order valence-electron chi connectivity index (χ2n) is 16.4. The molecule has 0 aliphatic heterocycles. The van der Waals surface area contributed by atoms with E-state index in [9.17, 15) is 0 Å². The third kappa shape index (κ3) is 4.29. The predicted octanol–water partition coefficient (Wildman–Crippen LogP) is 14.4. The van der Waals surface area contributed by atoms with E-state index in [-0.39, 0.29) is 5.41 Å². The fraction of sp³-hybridized carbons (Fsp3) is 0.192. The summed E-state index contributed by atoms with van der Waals surface area (Å²) < 4.78 is 2.72. The van der Waals surface area contributed by atoms with Gasteiger partial charge in [0.25, 0.3) is 0 Å². The van der Waals surface area contributed by atoms with E-state index in [1.165, 1.54) is 108 Å². The van der Waals surface area contributed by atoms with Crippen molar-refractivity contribution in [2.75, 3.05) is 0 Å². The molecule has 0 radical (unpaired) electrons. The third-order valence-electron chi connectivity index (χ3n) is 13.9. The van der Waals surface area contributed by atoms with E-state index in [4.69, 9.17) is 0 Å². The first-order chi connectivity index (χ1) is 26.2. The molecular weight excluding hydrogens is 657 g/mol. The Hall–Kier alpha value is -5.24. The largest absolute Gasteiger partial charge is 0.135 e. The summed E-state index contributed by atoms with van der Waals surface area (Å²) in [5.74, 6) is 3.20. The first-order valence-electron chi connectivity index (χ1n) is 19.7. The Balaban J connectivity index is 1.16. The second-order valence-corrected chi connectivity index (χ2v) is 17.5. The molecule has 1 spiro atoms. The summed E-state index contributed by atoms with van der Waals surface area (Å²) in [6.07, 6.45) is 6.97. The zero-order chi connectivity index (χ0) is 34.7. The van der Waals surface area contributed by atoms with Crippen molar-refractivity contribution in [2.45, 2.75) is 37.5 Å². The van der Waals surface area contributed by atoms with Crippen LogP contribution in [0.5, 0.6) is 0 Å². The average Bonchev–Trinajstić information content (AvgIpc) is 3.73. The molecule has 0 amide bonds. The molecular formula is C52H40S. The van der Waals surface area contributed by atoms with Gasteiger partial charge in [-0.3, -0.25) is 0 Å². The summed E-state index contributed by atoms with van der Waals surface area (Å²) in [5.41, 5.74) is 16.9. The molecule has 0 N–H and O–H groups in total. The predicted molar refractivity (Wildman–Crippen MR) is 224 cm³/mol. The van der Waals surface area contributed by atoms with Crippen LogP contribution in [0.4, 0.5) is 0 Å². The van der Waals surface area contributed by atoms with Crippen LogP contribution >= 0.6 is 11.3 Å². The van der Waals surface area contributed by atoms with E-state index in [0.29, 0.717) is 11.8 Å².